The summed E-state index contributed by atoms with van der Waals surface area (Å²) in [7, 11) is 0. The lowest BCUT2D eigenvalue weighted by Crippen LogP contribution is -2.11. The number of ether oxygens (including phenoxy) is 2. The number of primary amides is 1. The number of rotatable bonds is 6. The highest BCUT2D eigenvalue weighted by Crippen LogP contribution is 2.41. The van der Waals surface area contributed by atoms with E-state index in [9.17, 15) is 9.59 Å². The molecule has 23 heavy (non-hydrogen) atoms. The first-order valence-corrected chi connectivity index (χ1v) is 7.85. The van der Waals surface area contributed by atoms with Gasteiger partial charge in [0, 0.05) is 12.2 Å². The van der Waals surface area contributed by atoms with Crippen molar-refractivity contribution >= 4 is 22.8 Å². The number of nitrogens with zero attached hydrogens (tertiary/aromatic N) is 1. The molecule has 1 saturated carbocycles. The average Bonchev–Trinajstić information content (AvgIpc) is 3.27. The largest absolute Gasteiger partial charge is 0.493 e. The van der Waals surface area contributed by atoms with Crippen molar-refractivity contribution in [3.8, 4) is 5.75 Å². The molecule has 1 amide bonds. The second-order valence-corrected chi connectivity index (χ2v) is 5.57. The molecule has 0 spiro atoms. The van der Waals surface area contributed by atoms with E-state index < -0.39 is 11.9 Å². The van der Waals surface area contributed by atoms with E-state index in [4.69, 9.17) is 15.2 Å². The van der Waals surface area contributed by atoms with Gasteiger partial charge in [-0.1, -0.05) is 0 Å². The van der Waals surface area contributed by atoms with Gasteiger partial charge >= 0.3 is 5.97 Å². The molecule has 2 aromatic rings. The van der Waals surface area contributed by atoms with Gasteiger partial charge in [-0.3, -0.25) is 4.79 Å². The fourth-order valence-electron chi connectivity index (χ4n) is 2.79. The summed E-state index contributed by atoms with van der Waals surface area (Å²) in [4.78, 5) is 23.9. The minimum atomic E-state index is -0.501. The average molecular weight is 316 g/mol. The van der Waals surface area contributed by atoms with Gasteiger partial charge in [0.05, 0.1) is 35.2 Å². The number of carbonyl (C=O) groups is 2. The molecule has 0 atom stereocenters. The summed E-state index contributed by atoms with van der Waals surface area (Å²) in [5.74, 6) is -0.417. The number of hydrogen-bond acceptors (Lipinski definition) is 4. The lowest BCUT2D eigenvalue weighted by atomic mass is 10.1. The zero-order valence-electron chi connectivity index (χ0n) is 13.3. The molecule has 0 aliphatic heterocycles. The molecule has 1 fully saturated rings. The number of fused-ring (bicyclic) bond motifs is 1. The number of hydrogen-bond donors (Lipinski definition) is 1. The van der Waals surface area contributed by atoms with Gasteiger partial charge < -0.3 is 19.8 Å². The predicted molar refractivity (Wildman–Crippen MR) is 85.9 cm³/mol. The van der Waals surface area contributed by atoms with Crippen LogP contribution in [0.4, 0.5) is 0 Å². The normalized spacial score (nSPS) is 14.0. The lowest BCUT2D eigenvalue weighted by molar-refractivity contribution is 0.0526. The van der Waals surface area contributed by atoms with Crippen LogP contribution in [0.3, 0.4) is 0 Å². The van der Waals surface area contributed by atoms with Crippen LogP contribution < -0.4 is 10.5 Å². The second-order valence-electron chi connectivity index (χ2n) is 5.57. The number of benzene rings is 1. The van der Waals surface area contributed by atoms with Crippen LogP contribution in [0.15, 0.2) is 18.3 Å². The van der Waals surface area contributed by atoms with Crippen molar-refractivity contribution in [3.63, 3.8) is 0 Å². The monoisotopic (exact) mass is 316 g/mol. The molecule has 6 heteroatoms. The van der Waals surface area contributed by atoms with E-state index in [1.807, 2.05) is 11.5 Å². The lowest BCUT2D eigenvalue weighted by Gasteiger charge is -2.10. The number of carbonyl (C=O) groups excluding carboxylic acids is 2. The van der Waals surface area contributed by atoms with Crippen LogP contribution in [-0.4, -0.2) is 29.7 Å². The van der Waals surface area contributed by atoms with Gasteiger partial charge in [0.2, 0.25) is 0 Å². The molecular formula is C17H20N2O4. The van der Waals surface area contributed by atoms with E-state index in [0.29, 0.717) is 41.5 Å². The summed E-state index contributed by atoms with van der Waals surface area (Å²) in [6.07, 6.45) is 3.87. The van der Waals surface area contributed by atoms with Gasteiger partial charge in [-0.25, -0.2) is 4.79 Å². The molecule has 1 aromatic carbocycles. The van der Waals surface area contributed by atoms with Crippen molar-refractivity contribution < 1.29 is 19.1 Å². The zero-order valence-corrected chi connectivity index (χ0v) is 13.3. The Bertz CT molecular complexity index is 774. The fourth-order valence-corrected chi connectivity index (χ4v) is 2.79. The first-order valence-electron chi connectivity index (χ1n) is 7.85. The van der Waals surface area contributed by atoms with E-state index >= 15 is 0 Å². The molecule has 1 aliphatic carbocycles. The molecule has 0 saturated heterocycles. The van der Waals surface area contributed by atoms with Crippen molar-refractivity contribution in [1.82, 2.24) is 4.57 Å². The van der Waals surface area contributed by atoms with Crippen LogP contribution in [0.2, 0.25) is 0 Å². The Kier molecular flexibility index (Phi) is 3.98. The van der Waals surface area contributed by atoms with Gasteiger partial charge in [0.25, 0.3) is 5.91 Å². The Morgan fingerprint density at radius 2 is 2.00 bits per heavy atom. The van der Waals surface area contributed by atoms with Gasteiger partial charge in [-0.15, -0.1) is 0 Å². The summed E-state index contributed by atoms with van der Waals surface area (Å²) >= 11 is 0. The van der Waals surface area contributed by atoms with Crippen molar-refractivity contribution in [3.05, 3.63) is 29.5 Å². The zero-order chi connectivity index (χ0) is 16.6. The summed E-state index contributed by atoms with van der Waals surface area (Å²) in [6.45, 7) is 4.34. The summed E-state index contributed by atoms with van der Waals surface area (Å²) in [6, 6.07) is 3.71. The van der Waals surface area contributed by atoms with Crippen LogP contribution in [0.5, 0.6) is 5.75 Å². The van der Waals surface area contributed by atoms with E-state index in [-0.39, 0.29) is 0 Å². The Labute approximate surface area is 134 Å². The Morgan fingerprint density at radius 3 is 2.57 bits per heavy atom. The second kappa shape index (κ2) is 5.95. The number of nitrogens with two attached hydrogens (primary N) is 1. The Hall–Kier alpha value is -2.50. The highest BCUT2D eigenvalue weighted by molar-refractivity contribution is 6.10. The molecule has 6 nitrogen and oxygen atoms in total. The maximum Gasteiger partial charge on any atom is 0.338 e. The third kappa shape index (κ3) is 2.76. The SMILES string of the molecule is CCOC(=O)c1cc(OCC)c2c(C(N)=O)cn(C3CC3)c2c1. The predicted octanol–water partition coefficient (Wildman–Crippen LogP) is 2.65. The molecule has 2 N–H and O–H groups in total. The first-order chi connectivity index (χ1) is 11.1. The van der Waals surface area contributed by atoms with Crippen LogP contribution in [0.1, 0.15) is 53.4 Å². The molecule has 0 radical (unpaired) electrons. The van der Waals surface area contributed by atoms with Gasteiger partial charge in [0.15, 0.2) is 0 Å². The Morgan fingerprint density at radius 1 is 1.26 bits per heavy atom. The van der Waals surface area contributed by atoms with E-state index in [2.05, 4.69) is 0 Å². The maximum atomic E-state index is 12.1. The third-order valence-corrected chi connectivity index (χ3v) is 3.91. The van der Waals surface area contributed by atoms with Crippen molar-refractivity contribution in [1.29, 1.82) is 0 Å². The third-order valence-electron chi connectivity index (χ3n) is 3.91. The molecule has 1 aromatic heterocycles. The van der Waals surface area contributed by atoms with E-state index in [1.165, 1.54) is 0 Å². The van der Waals surface area contributed by atoms with Crippen molar-refractivity contribution in [2.45, 2.75) is 32.7 Å². The molecule has 1 heterocycles. The molecule has 122 valence electrons. The first kappa shape index (κ1) is 15.4. The smallest absolute Gasteiger partial charge is 0.338 e. The minimum absolute atomic E-state index is 0.303. The number of amides is 1. The molecular weight excluding hydrogens is 296 g/mol. The van der Waals surface area contributed by atoms with Gasteiger partial charge in [-0.2, -0.15) is 0 Å². The van der Waals surface area contributed by atoms with Crippen LogP contribution in [0, 0.1) is 0 Å². The quantitative estimate of drug-likeness (QED) is 0.830. The van der Waals surface area contributed by atoms with Gasteiger partial charge in [0.1, 0.15) is 5.75 Å². The minimum Gasteiger partial charge on any atom is -0.493 e. The van der Waals surface area contributed by atoms with Gasteiger partial charge in [-0.05, 0) is 38.8 Å². The summed E-state index contributed by atoms with van der Waals surface area (Å²) < 4.78 is 12.8. The summed E-state index contributed by atoms with van der Waals surface area (Å²) in [5, 5.41) is 0.666. The maximum absolute atomic E-state index is 12.1. The molecule has 0 bridgehead atoms. The fraction of sp³-hybridized carbons (Fsp3) is 0.412. The van der Waals surface area contributed by atoms with Crippen molar-refractivity contribution in [2.24, 2.45) is 5.73 Å². The molecule has 0 unspecified atom stereocenters. The van der Waals surface area contributed by atoms with Crippen LogP contribution in [-0.2, 0) is 4.74 Å². The topological polar surface area (TPSA) is 83.6 Å². The van der Waals surface area contributed by atoms with E-state index in [0.717, 1.165) is 18.4 Å². The van der Waals surface area contributed by atoms with E-state index in [1.54, 1.807) is 25.3 Å². The summed E-state index contributed by atoms with van der Waals surface area (Å²) in [5.41, 5.74) is 7.15. The van der Waals surface area contributed by atoms with Crippen molar-refractivity contribution in [2.75, 3.05) is 13.2 Å². The highest BCUT2D eigenvalue weighted by atomic mass is 16.5. The molecule has 1 aliphatic rings. The number of esters is 1. The Balaban J connectivity index is 2.25. The number of aromatic nitrogens is 1. The highest BCUT2D eigenvalue weighted by Gasteiger charge is 2.29. The van der Waals surface area contributed by atoms with Crippen LogP contribution in [0.25, 0.3) is 10.9 Å². The van der Waals surface area contributed by atoms with Crippen LogP contribution >= 0.6 is 0 Å². The standard InChI is InChI=1S/C17H20N2O4/c1-3-22-14-8-10(17(21)23-4-2)7-13-15(14)12(16(18)20)9-19(13)11-5-6-11/h7-9,11H,3-6H2,1-2H3,(H2,18,20). The molecule has 3 rings (SSSR count).